The molecule has 2 rings (SSSR count). The van der Waals surface area contributed by atoms with E-state index in [0.29, 0.717) is 12.1 Å². The molecule has 1 aromatic carbocycles. The van der Waals surface area contributed by atoms with Crippen molar-refractivity contribution in [2.75, 3.05) is 12.3 Å². The lowest BCUT2D eigenvalue weighted by atomic mass is 10.0. The molecule has 1 aliphatic heterocycles. The minimum Gasteiger partial charge on any atom is -0.339 e. The van der Waals surface area contributed by atoms with E-state index in [1.165, 1.54) is 0 Å². The molecule has 0 radical (unpaired) electrons. The summed E-state index contributed by atoms with van der Waals surface area (Å²) in [4.78, 5) is 13.9. The Morgan fingerprint density at radius 1 is 1.38 bits per heavy atom. The Hall–Kier alpha value is -0.880. The number of halogens is 1. The molecule has 21 heavy (non-hydrogen) atoms. The summed E-state index contributed by atoms with van der Waals surface area (Å²) in [5.74, 6) is -0.762. The molecule has 1 unspecified atom stereocenters. The molecule has 0 saturated carbocycles. The van der Waals surface area contributed by atoms with Crippen molar-refractivity contribution in [3.05, 3.63) is 34.3 Å². The van der Waals surface area contributed by atoms with Gasteiger partial charge in [0.25, 0.3) is 0 Å². The summed E-state index contributed by atoms with van der Waals surface area (Å²) in [5, 5.41) is 0. The van der Waals surface area contributed by atoms with Crippen molar-refractivity contribution in [2.24, 2.45) is 0 Å². The van der Waals surface area contributed by atoms with Gasteiger partial charge in [-0.1, -0.05) is 28.1 Å². The van der Waals surface area contributed by atoms with Gasteiger partial charge in [-0.25, -0.2) is 8.42 Å². The molecule has 116 valence electrons. The lowest BCUT2D eigenvalue weighted by Gasteiger charge is -2.33. The van der Waals surface area contributed by atoms with Crippen molar-refractivity contribution in [3.63, 3.8) is 0 Å². The van der Waals surface area contributed by atoms with Gasteiger partial charge >= 0.3 is 0 Å². The number of hydrogen-bond donors (Lipinski definition) is 0. The van der Waals surface area contributed by atoms with Crippen LogP contribution in [0.5, 0.6) is 0 Å². The fourth-order valence-corrected chi connectivity index (χ4v) is 4.45. The highest BCUT2D eigenvalue weighted by atomic mass is 79.9. The lowest BCUT2D eigenvalue weighted by Crippen LogP contribution is -2.44. The van der Waals surface area contributed by atoms with Crippen LogP contribution >= 0.6 is 15.9 Å². The molecule has 1 amide bonds. The molecule has 1 atom stereocenters. The van der Waals surface area contributed by atoms with Crippen molar-refractivity contribution in [1.82, 2.24) is 4.90 Å². The van der Waals surface area contributed by atoms with Gasteiger partial charge in [0.2, 0.25) is 5.91 Å². The van der Waals surface area contributed by atoms with Gasteiger partial charge in [0.15, 0.2) is 9.84 Å². The zero-order valence-electron chi connectivity index (χ0n) is 12.1. The van der Waals surface area contributed by atoms with E-state index in [-0.39, 0.29) is 17.7 Å². The van der Waals surface area contributed by atoms with Crippen LogP contribution in [0.3, 0.4) is 0 Å². The molecular weight excluding hydrogens is 354 g/mol. The number of amides is 1. The maximum Gasteiger partial charge on any atom is 0.238 e. The van der Waals surface area contributed by atoms with E-state index in [9.17, 15) is 13.2 Å². The van der Waals surface area contributed by atoms with Crippen LogP contribution in [0, 0.1) is 0 Å². The second-order valence-corrected chi connectivity index (χ2v) is 8.57. The normalized spacial score (nSPS) is 19.5. The van der Waals surface area contributed by atoms with E-state index in [2.05, 4.69) is 15.9 Å². The topological polar surface area (TPSA) is 54.5 Å². The monoisotopic (exact) mass is 373 g/mol. The van der Waals surface area contributed by atoms with Crippen LogP contribution in [0.15, 0.2) is 28.7 Å². The average molecular weight is 374 g/mol. The predicted molar refractivity (Wildman–Crippen MR) is 86.7 cm³/mol. The lowest BCUT2D eigenvalue weighted by molar-refractivity contribution is -0.131. The summed E-state index contributed by atoms with van der Waals surface area (Å²) in [7, 11) is -3.44. The summed E-state index contributed by atoms with van der Waals surface area (Å²) in [6.07, 6.45) is 3.02. The van der Waals surface area contributed by atoms with E-state index in [1.807, 2.05) is 13.0 Å². The third-order valence-electron chi connectivity index (χ3n) is 3.74. The van der Waals surface area contributed by atoms with E-state index < -0.39 is 15.6 Å². The van der Waals surface area contributed by atoms with E-state index in [0.717, 1.165) is 23.7 Å². The van der Waals surface area contributed by atoms with E-state index >= 15 is 0 Å². The van der Waals surface area contributed by atoms with Crippen LogP contribution in [-0.2, 0) is 20.4 Å². The fraction of sp³-hybridized carbons (Fsp3) is 0.533. The molecule has 0 bridgehead atoms. The minimum absolute atomic E-state index is 0.0968. The van der Waals surface area contributed by atoms with Crippen LogP contribution in [0.25, 0.3) is 0 Å². The van der Waals surface area contributed by atoms with Gasteiger partial charge in [0.05, 0.1) is 5.75 Å². The smallest absolute Gasteiger partial charge is 0.238 e. The number of rotatable bonds is 4. The quantitative estimate of drug-likeness (QED) is 0.815. The molecule has 0 spiro atoms. The van der Waals surface area contributed by atoms with Crippen molar-refractivity contribution in [2.45, 2.75) is 38.0 Å². The third-order valence-corrected chi connectivity index (χ3v) is 5.70. The second kappa shape index (κ2) is 6.92. The van der Waals surface area contributed by atoms with Crippen LogP contribution in [-0.4, -0.2) is 37.6 Å². The predicted octanol–water partition coefficient (Wildman–Crippen LogP) is 2.76. The number of likely N-dealkylation sites (tertiary alicyclic amines) is 1. The van der Waals surface area contributed by atoms with Gasteiger partial charge in [-0.15, -0.1) is 0 Å². The highest BCUT2D eigenvalue weighted by molar-refractivity contribution is 9.10. The summed E-state index contributed by atoms with van der Waals surface area (Å²) in [6, 6.07) is 7.31. The Bertz CT molecular complexity index is 615. The zero-order chi connectivity index (χ0) is 15.5. The Labute approximate surface area is 134 Å². The van der Waals surface area contributed by atoms with Gasteiger partial charge in [-0.3, -0.25) is 4.79 Å². The molecular formula is C15H20BrNO3S. The highest BCUT2D eigenvalue weighted by Crippen LogP contribution is 2.18. The first-order chi connectivity index (χ1) is 9.87. The molecule has 6 heteroatoms. The number of sulfone groups is 1. The van der Waals surface area contributed by atoms with Gasteiger partial charge in [-0.2, -0.15) is 0 Å². The van der Waals surface area contributed by atoms with Crippen LogP contribution < -0.4 is 0 Å². The summed E-state index contributed by atoms with van der Waals surface area (Å²) >= 11 is 3.32. The number of hydrogen-bond acceptors (Lipinski definition) is 3. The van der Waals surface area contributed by atoms with Crippen molar-refractivity contribution < 1.29 is 13.2 Å². The molecule has 1 heterocycles. The van der Waals surface area contributed by atoms with Gasteiger partial charge in [0.1, 0.15) is 5.75 Å². The first-order valence-electron chi connectivity index (χ1n) is 7.12. The van der Waals surface area contributed by atoms with E-state index in [4.69, 9.17) is 0 Å². The maximum atomic E-state index is 12.2. The van der Waals surface area contributed by atoms with Crippen LogP contribution in [0.1, 0.15) is 31.7 Å². The zero-order valence-corrected chi connectivity index (χ0v) is 14.5. The second-order valence-electron chi connectivity index (χ2n) is 5.59. The average Bonchev–Trinajstić information content (AvgIpc) is 2.37. The summed E-state index contributed by atoms with van der Waals surface area (Å²) < 4.78 is 25.3. The Kier molecular flexibility index (Phi) is 5.43. The molecule has 1 aromatic rings. The standard InChI is InChI=1S/C15H20BrNO3S/c1-12-5-2-3-8-17(12)15(18)11-21(19,20)10-13-6-4-7-14(16)9-13/h4,6-7,9,12H,2-3,5,8,10-11H2,1H3. The van der Waals surface area contributed by atoms with Gasteiger partial charge < -0.3 is 4.90 Å². The number of carbonyl (C=O) groups is 1. The van der Waals surface area contributed by atoms with Gasteiger partial charge in [0, 0.05) is 17.1 Å². The van der Waals surface area contributed by atoms with Crippen LogP contribution in [0.2, 0.25) is 0 Å². The number of nitrogens with zero attached hydrogens (tertiary/aromatic N) is 1. The fourth-order valence-electron chi connectivity index (χ4n) is 2.67. The largest absolute Gasteiger partial charge is 0.339 e. The number of piperidine rings is 1. The third kappa shape index (κ3) is 4.81. The first kappa shape index (κ1) is 16.5. The van der Waals surface area contributed by atoms with Crippen LogP contribution in [0.4, 0.5) is 0 Å². The number of benzene rings is 1. The van der Waals surface area contributed by atoms with Crippen molar-refractivity contribution in [1.29, 1.82) is 0 Å². The Morgan fingerprint density at radius 2 is 2.14 bits per heavy atom. The highest BCUT2D eigenvalue weighted by Gasteiger charge is 2.27. The molecule has 0 N–H and O–H groups in total. The number of carbonyl (C=O) groups excluding carboxylic acids is 1. The molecule has 1 fully saturated rings. The van der Waals surface area contributed by atoms with Crippen molar-refractivity contribution >= 4 is 31.7 Å². The first-order valence-corrected chi connectivity index (χ1v) is 9.73. The molecule has 0 aromatic heterocycles. The molecule has 1 saturated heterocycles. The Morgan fingerprint density at radius 3 is 2.81 bits per heavy atom. The Balaban J connectivity index is 2.01. The molecule has 4 nitrogen and oxygen atoms in total. The summed E-state index contributed by atoms with van der Waals surface area (Å²) in [6.45, 7) is 2.66. The SMILES string of the molecule is CC1CCCCN1C(=O)CS(=O)(=O)Cc1cccc(Br)c1. The van der Waals surface area contributed by atoms with Gasteiger partial charge in [-0.05, 0) is 43.9 Å². The molecule has 1 aliphatic rings. The van der Waals surface area contributed by atoms with E-state index in [1.54, 1.807) is 23.1 Å². The minimum atomic E-state index is -3.44. The summed E-state index contributed by atoms with van der Waals surface area (Å²) in [5.41, 5.74) is 0.698. The molecule has 0 aliphatic carbocycles. The van der Waals surface area contributed by atoms with Crippen molar-refractivity contribution in [3.8, 4) is 0 Å². The maximum absolute atomic E-state index is 12.2.